The molecule has 0 radical (unpaired) electrons. The second-order valence-corrected chi connectivity index (χ2v) is 8.29. The van der Waals surface area contributed by atoms with E-state index in [4.69, 9.17) is 9.47 Å². The summed E-state index contributed by atoms with van der Waals surface area (Å²) in [4.78, 5) is 27.7. The van der Waals surface area contributed by atoms with Crippen LogP contribution in [0.15, 0.2) is 12.1 Å². The lowest BCUT2D eigenvalue weighted by Crippen LogP contribution is -2.60. The maximum absolute atomic E-state index is 14.1. The molecule has 1 saturated heterocycles. The van der Waals surface area contributed by atoms with E-state index in [1.54, 1.807) is 34.6 Å². The van der Waals surface area contributed by atoms with Gasteiger partial charge >= 0.3 is 18.8 Å². The van der Waals surface area contributed by atoms with Crippen molar-refractivity contribution in [2.24, 2.45) is 0 Å². The van der Waals surface area contributed by atoms with Crippen molar-refractivity contribution in [1.82, 2.24) is 9.80 Å². The molecule has 1 heterocycles. The molecule has 1 aliphatic rings. The Bertz CT molecular complexity index is 787. The van der Waals surface area contributed by atoms with Gasteiger partial charge in [-0.15, -0.1) is 12.4 Å². The summed E-state index contributed by atoms with van der Waals surface area (Å²) in [5.74, 6) is -3.04. The van der Waals surface area contributed by atoms with Crippen LogP contribution in [-0.2, 0) is 16.1 Å². The molecule has 0 bridgehead atoms. The van der Waals surface area contributed by atoms with Gasteiger partial charge in [-0.1, -0.05) is 0 Å². The Morgan fingerprint density at radius 2 is 1.56 bits per heavy atom. The van der Waals surface area contributed by atoms with E-state index in [1.165, 1.54) is 9.80 Å². The Balaban J connectivity index is 0.00000512. The van der Waals surface area contributed by atoms with Gasteiger partial charge in [0, 0.05) is 25.2 Å². The molecule has 1 aromatic carbocycles. The Morgan fingerprint density at radius 1 is 1.06 bits per heavy atom. The first-order valence-electron chi connectivity index (χ1n) is 9.64. The Hall–Kier alpha value is -2.43. The summed E-state index contributed by atoms with van der Waals surface area (Å²) >= 11 is 0. The van der Waals surface area contributed by atoms with E-state index < -0.39 is 66.0 Å². The summed E-state index contributed by atoms with van der Waals surface area (Å²) in [5.41, 5.74) is -1.26. The normalized spacial score (nSPS) is 18.8. The fourth-order valence-electron chi connectivity index (χ4n) is 3.26. The van der Waals surface area contributed by atoms with Crippen molar-refractivity contribution in [1.29, 1.82) is 0 Å². The number of carbonyl (C=O) groups excluding carboxylic acids is 2. The molecule has 0 N–H and O–H groups in total. The number of hydrogen-bond acceptors (Lipinski definition) is 5. The maximum Gasteiger partial charge on any atom is 0.410 e. The predicted molar refractivity (Wildman–Crippen MR) is 109 cm³/mol. The lowest BCUT2D eigenvalue weighted by atomic mass is 10.1. The minimum Gasteiger partial charge on any atom is -0.444 e. The van der Waals surface area contributed by atoms with Gasteiger partial charge in [0.2, 0.25) is 0 Å². The number of amides is 2. The first-order chi connectivity index (χ1) is 14.3. The van der Waals surface area contributed by atoms with Crippen molar-refractivity contribution < 1.29 is 41.4 Å². The molecule has 0 spiro atoms. The summed E-state index contributed by atoms with van der Waals surface area (Å²) in [6.45, 7) is 5.05. The smallest absolute Gasteiger partial charge is 0.410 e. The van der Waals surface area contributed by atoms with Crippen LogP contribution >= 0.6 is 12.4 Å². The number of alkyl halides is 2. The van der Waals surface area contributed by atoms with Gasteiger partial charge in [0.25, 0.3) is 0 Å². The summed E-state index contributed by atoms with van der Waals surface area (Å²) in [6, 6.07) is 0.285. The van der Waals surface area contributed by atoms with Crippen molar-refractivity contribution in [2.75, 3.05) is 13.1 Å². The molecule has 2 atom stereocenters. The quantitative estimate of drug-likeness (QED) is 0.563. The van der Waals surface area contributed by atoms with E-state index in [9.17, 15) is 27.2 Å². The average Bonchev–Trinajstić information content (AvgIpc) is 2.58. The van der Waals surface area contributed by atoms with Crippen molar-refractivity contribution in [3.63, 3.8) is 0 Å². The van der Waals surface area contributed by atoms with Crippen LogP contribution in [0.5, 0.6) is 5.75 Å². The number of ether oxygens (including phenoxy) is 3. The molecule has 2 amide bonds. The van der Waals surface area contributed by atoms with E-state index in [-0.39, 0.29) is 25.5 Å². The Labute approximate surface area is 190 Å². The van der Waals surface area contributed by atoms with Crippen LogP contribution in [0.2, 0.25) is 0 Å². The third-order valence-corrected chi connectivity index (χ3v) is 4.46. The highest BCUT2D eigenvalue weighted by atomic mass is 35.5. The van der Waals surface area contributed by atoms with Gasteiger partial charge in [-0.25, -0.2) is 18.4 Å². The van der Waals surface area contributed by atoms with Crippen molar-refractivity contribution >= 4 is 24.6 Å². The number of benzene rings is 1. The van der Waals surface area contributed by atoms with E-state index in [0.29, 0.717) is 12.1 Å². The van der Waals surface area contributed by atoms with Crippen LogP contribution in [0.25, 0.3) is 0 Å². The zero-order valence-electron chi connectivity index (χ0n) is 18.4. The topological polar surface area (TPSA) is 68.3 Å². The Morgan fingerprint density at radius 3 is 2.00 bits per heavy atom. The molecule has 0 aromatic heterocycles. The standard InChI is InChI=1S/C20H26F4N2O5.ClH/c1-11-8-25(18(27)31-20(3,4)5)9-12(2)26(11)19(28)29-10-14-15(21)6-13(7-16(14)22)30-17(23)24;/h6-7,11-12,17H,8-10H2,1-5H3;1H/t11-,12+;. The van der Waals surface area contributed by atoms with Crippen LogP contribution in [0.4, 0.5) is 27.2 Å². The number of piperazine rings is 1. The molecule has 0 saturated carbocycles. The van der Waals surface area contributed by atoms with E-state index in [2.05, 4.69) is 4.74 Å². The molecule has 1 fully saturated rings. The predicted octanol–water partition coefficient (Wildman–Crippen LogP) is 4.95. The maximum atomic E-state index is 14.1. The van der Waals surface area contributed by atoms with E-state index >= 15 is 0 Å². The van der Waals surface area contributed by atoms with Crippen molar-refractivity contribution in [3.05, 3.63) is 29.3 Å². The van der Waals surface area contributed by atoms with Gasteiger partial charge in [0.15, 0.2) is 0 Å². The fourth-order valence-corrected chi connectivity index (χ4v) is 3.26. The molecule has 12 heteroatoms. The van der Waals surface area contributed by atoms with Crippen molar-refractivity contribution in [2.45, 2.75) is 65.5 Å². The molecular formula is C20H27ClF4N2O5. The zero-order valence-corrected chi connectivity index (χ0v) is 19.2. The minimum absolute atomic E-state index is 0. The summed E-state index contributed by atoms with van der Waals surface area (Å²) in [5, 5.41) is 0. The third-order valence-electron chi connectivity index (χ3n) is 4.46. The number of carbonyl (C=O) groups is 2. The second-order valence-electron chi connectivity index (χ2n) is 8.29. The van der Waals surface area contributed by atoms with Crippen LogP contribution in [0.1, 0.15) is 40.2 Å². The molecule has 2 rings (SSSR count). The van der Waals surface area contributed by atoms with Crippen LogP contribution in [0, 0.1) is 11.6 Å². The summed E-state index contributed by atoms with van der Waals surface area (Å²) < 4.78 is 66.9. The SMILES string of the molecule is C[C@@H]1CN(C(=O)OC(C)(C)C)C[C@H](C)N1C(=O)OCc1c(F)cc(OC(F)F)cc1F.Cl. The molecule has 0 aliphatic carbocycles. The van der Waals surface area contributed by atoms with Gasteiger partial charge in [-0.2, -0.15) is 8.78 Å². The van der Waals surface area contributed by atoms with E-state index in [1.807, 2.05) is 0 Å². The lowest BCUT2D eigenvalue weighted by Gasteiger charge is -2.43. The first-order valence-corrected chi connectivity index (χ1v) is 9.64. The monoisotopic (exact) mass is 486 g/mol. The number of rotatable bonds is 4. The molecular weight excluding hydrogens is 460 g/mol. The number of halogens is 5. The highest BCUT2D eigenvalue weighted by Crippen LogP contribution is 2.24. The first kappa shape index (κ1) is 27.6. The van der Waals surface area contributed by atoms with Gasteiger partial charge < -0.3 is 19.1 Å². The molecule has 1 aromatic rings. The summed E-state index contributed by atoms with van der Waals surface area (Å²) in [7, 11) is 0. The Kier molecular flexibility index (Phi) is 9.43. The van der Waals surface area contributed by atoms with Gasteiger partial charge in [0.1, 0.15) is 29.6 Å². The largest absolute Gasteiger partial charge is 0.444 e. The number of nitrogens with zero attached hydrogens (tertiary/aromatic N) is 2. The molecule has 7 nitrogen and oxygen atoms in total. The van der Waals surface area contributed by atoms with Crippen LogP contribution in [-0.4, -0.2) is 59.4 Å². The number of hydrogen-bond donors (Lipinski definition) is 0. The summed E-state index contributed by atoms with van der Waals surface area (Å²) in [6.07, 6.45) is -1.33. The average molecular weight is 487 g/mol. The molecule has 32 heavy (non-hydrogen) atoms. The highest BCUT2D eigenvalue weighted by molar-refractivity contribution is 5.85. The molecule has 0 unspecified atom stereocenters. The second kappa shape index (κ2) is 10.9. The molecule has 182 valence electrons. The fraction of sp³-hybridized carbons (Fsp3) is 0.600. The minimum atomic E-state index is -3.23. The van der Waals surface area contributed by atoms with Crippen LogP contribution < -0.4 is 4.74 Å². The van der Waals surface area contributed by atoms with Gasteiger partial charge in [-0.05, 0) is 34.6 Å². The van der Waals surface area contributed by atoms with Crippen molar-refractivity contribution in [3.8, 4) is 5.75 Å². The highest BCUT2D eigenvalue weighted by Gasteiger charge is 2.37. The van der Waals surface area contributed by atoms with E-state index in [0.717, 1.165) is 0 Å². The van der Waals surface area contributed by atoms with Gasteiger partial charge in [0.05, 0.1) is 17.6 Å². The zero-order chi connectivity index (χ0) is 23.5. The lowest BCUT2D eigenvalue weighted by molar-refractivity contribution is -0.0502. The van der Waals surface area contributed by atoms with Crippen LogP contribution in [0.3, 0.4) is 0 Å². The third kappa shape index (κ3) is 7.32. The molecule has 1 aliphatic heterocycles. The van der Waals surface area contributed by atoms with Gasteiger partial charge in [-0.3, -0.25) is 4.90 Å².